The lowest BCUT2D eigenvalue weighted by Crippen LogP contribution is -2.19. The predicted molar refractivity (Wildman–Crippen MR) is 72.8 cm³/mol. The summed E-state index contributed by atoms with van der Waals surface area (Å²) in [5.41, 5.74) is -0.500. The van der Waals surface area contributed by atoms with Gasteiger partial charge in [-0.2, -0.15) is 0 Å². The number of carbonyl (C=O) groups is 2. The molecule has 2 aromatic rings. The van der Waals surface area contributed by atoms with E-state index in [1.165, 1.54) is 31.4 Å². The molecule has 1 aromatic carbocycles. The standard InChI is InChI=1S/C14H11FN2O4/c1-21-14(20)9-6-5-8(15)7-11(9)17-13(19)10-3-2-4-12(18)16-10/h2-7H,1H3,(H,16,18)(H,17,19). The number of halogens is 1. The number of rotatable bonds is 3. The maximum atomic E-state index is 13.3. The first-order chi connectivity index (χ1) is 10.0. The van der Waals surface area contributed by atoms with E-state index < -0.39 is 23.3 Å². The molecular weight excluding hydrogens is 279 g/mol. The summed E-state index contributed by atoms with van der Waals surface area (Å²) in [7, 11) is 1.17. The zero-order valence-electron chi connectivity index (χ0n) is 11.0. The van der Waals surface area contributed by atoms with Crippen LogP contribution in [0.2, 0.25) is 0 Å². The van der Waals surface area contributed by atoms with Crippen molar-refractivity contribution in [3.05, 3.63) is 63.8 Å². The second-order valence-corrected chi connectivity index (χ2v) is 4.06. The second-order valence-electron chi connectivity index (χ2n) is 4.06. The van der Waals surface area contributed by atoms with Gasteiger partial charge in [-0.25, -0.2) is 9.18 Å². The molecule has 0 fully saturated rings. The molecule has 0 unspecified atom stereocenters. The van der Waals surface area contributed by atoms with Crippen molar-refractivity contribution < 1.29 is 18.7 Å². The largest absolute Gasteiger partial charge is 0.465 e. The highest BCUT2D eigenvalue weighted by molar-refractivity contribution is 6.07. The van der Waals surface area contributed by atoms with Crippen LogP contribution in [-0.2, 0) is 4.74 Å². The Hall–Kier alpha value is -2.96. The van der Waals surface area contributed by atoms with E-state index in [2.05, 4.69) is 15.0 Å². The Kier molecular flexibility index (Phi) is 4.13. The van der Waals surface area contributed by atoms with Gasteiger partial charge >= 0.3 is 5.97 Å². The van der Waals surface area contributed by atoms with E-state index in [1.807, 2.05) is 0 Å². The van der Waals surface area contributed by atoms with Crippen molar-refractivity contribution in [1.29, 1.82) is 0 Å². The Balaban J connectivity index is 2.34. The number of benzene rings is 1. The number of pyridine rings is 1. The van der Waals surface area contributed by atoms with Gasteiger partial charge in [-0.15, -0.1) is 0 Å². The Morgan fingerprint density at radius 3 is 2.67 bits per heavy atom. The Morgan fingerprint density at radius 2 is 2.00 bits per heavy atom. The van der Waals surface area contributed by atoms with E-state index in [9.17, 15) is 18.8 Å². The van der Waals surface area contributed by atoms with Gasteiger partial charge in [-0.3, -0.25) is 9.59 Å². The van der Waals surface area contributed by atoms with E-state index in [-0.39, 0.29) is 16.9 Å². The molecule has 1 amide bonds. The number of aromatic amines is 1. The summed E-state index contributed by atoms with van der Waals surface area (Å²) in [4.78, 5) is 37.0. The molecule has 7 heteroatoms. The fraction of sp³-hybridized carbons (Fsp3) is 0.0714. The smallest absolute Gasteiger partial charge is 0.339 e. The molecule has 0 spiro atoms. The summed E-state index contributed by atoms with van der Waals surface area (Å²) in [6.07, 6.45) is 0. The van der Waals surface area contributed by atoms with Gasteiger partial charge in [0.25, 0.3) is 5.91 Å². The van der Waals surface area contributed by atoms with Crippen LogP contribution in [-0.4, -0.2) is 24.0 Å². The summed E-state index contributed by atoms with van der Waals surface area (Å²) in [6, 6.07) is 7.30. The number of aromatic nitrogens is 1. The minimum atomic E-state index is -0.716. The highest BCUT2D eigenvalue weighted by Crippen LogP contribution is 2.18. The zero-order chi connectivity index (χ0) is 15.4. The summed E-state index contributed by atoms with van der Waals surface area (Å²) < 4.78 is 17.8. The lowest BCUT2D eigenvalue weighted by Gasteiger charge is -2.09. The molecule has 0 saturated heterocycles. The summed E-state index contributed by atoms with van der Waals surface area (Å²) in [6.45, 7) is 0. The lowest BCUT2D eigenvalue weighted by molar-refractivity contribution is 0.0602. The number of hydrogen-bond acceptors (Lipinski definition) is 4. The molecule has 0 saturated carbocycles. The predicted octanol–water partition coefficient (Wildman–Crippen LogP) is 1.55. The molecule has 2 N–H and O–H groups in total. The maximum Gasteiger partial charge on any atom is 0.339 e. The van der Waals surface area contributed by atoms with Crippen molar-refractivity contribution in [2.24, 2.45) is 0 Å². The van der Waals surface area contributed by atoms with Crippen molar-refractivity contribution in [1.82, 2.24) is 4.98 Å². The number of nitrogens with one attached hydrogen (secondary N) is 2. The van der Waals surface area contributed by atoms with Crippen LogP contribution in [0.3, 0.4) is 0 Å². The third kappa shape index (κ3) is 3.33. The minimum absolute atomic E-state index is 0.00512. The van der Waals surface area contributed by atoms with Crippen LogP contribution in [0, 0.1) is 5.82 Å². The van der Waals surface area contributed by atoms with E-state index in [1.54, 1.807) is 0 Å². The molecule has 6 nitrogen and oxygen atoms in total. The van der Waals surface area contributed by atoms with Gasteiger partial charge in [0.2, 0.25) is 5.56 Å². The number of carbonyl (C=O) groups excluding carboxylic acids is 2. The van der Waals surface area contributed by atoms with Crippen LogP contribution < -0.4 is 10.9 Å². The SMILES string of the molecule is COC(=O)c1ccc(F)cc1NC(=O)c1cccc(=O)[nH]1. The summed E-state index contributed by atoms with van der Waals surface area (Å²) >= 11 is 0. The molecule has 2 rings (SSSR count). The molecule has 0 atom stereocenters. The van der Waals surface area contributed by atoms with E-state index in [0.29, 0.717) is 0 Å². The van der Waals surface area contributed by atoms with E-state index in [0.717, 1.165) is 12.1 Å². The van der Waals surface area contributed by atoms with Crippen LogP contribution in [0.4, 0.5) is 10.1 Å². The molecule has 0 aliphatic rings. The van der Waals surface area contributed by atoms with Crippen LogP contribution in [0.5, 0.6) is 0 Å². The normalized spacial score (nSPS) is 10.0. The van der Waals surface area contributed by atoms with Gasteiger partial charge in [-0.1, -0.05) is 6.07 Å². The van der Waals surface area contributed by atoms with Gasteiger partial charge in [0, 0.05) is 6.07 Å². The molecule has 0 bridgehead atoms. The third-order valence-electron chi connectivity index (χ3n) is 2.65. The molecule has 0 radical (unpaired) electrons. The first-order valence-corrected chi connectivity index (χ1v) is 5.90. The van der Waals surface area contributed by atoms with Crippen LogP contribution in [0.15, 0.2) is 41.2 Å². The van der Waals surface area contributed by atoms with E-state index >= 15 is 0 Å². The number of ether oxygens (including phenoxy) is 1. The van der Waals surface area contributed by atoms with E-state index in [4.69, 9.17) is 0 Å². The number of amides is 1. The van der Waals surface area contributed by atoms with Crippen molar-refractivity contribution in [2.75, 3.05) is 12.4 Å². The molecule has 0 aliphatic carbocycles. The molecule has 1 heterocycles. The van der Waals surface area contributed by atoms with Gasteiger partial charge in [-0.05, 0) is 24.3 Å². The average Bonchev–Trinajstić information content (AvgIpc) is 2.46. The number of anilines is 1. The highest BCUT2D eigenvalue weighted by Gasteiger charge is 2.16. The quantitative estimate of drug-likeness (QED) is 0.839. The second kappa shape index (κ2) is 6.00. The first kappa shape index (κ1) is 14.4. The maximum absolute atomic E-state index is 13.3. The zero-order valence-corrected chi connectivity index (χ0v) is 11.0. The van der Waals surface area contributed by atoms with Gasteiger partial charge in [0.05, 0.1) is 18.4 Å². The molecule has 1 aromatic heterocycles. The summed E-state index contributed by atoms with van der Waals surface area (Å²) in [5, 5.41) is 2.36. The number of methoxy groups -OCH3 is 1. The van der Waals surface area contributed by atoms with Crippen molar-refractivity contribution in [3.8, 4) is 0 Å². The van der Waals surface area contributed by atoms with Crippen LogP contribution >= 0.6 is 0 Å². The highest BCUT2D eigenvalue weighted by atomic mass is 19.1. The fourth-order valence-electron chi connectivity index (χ4n) is 1.68. The monoisotopic (exact) mass is 290 g/mol. The number of hydrogen-bond donors (Lipinski definition) is 2. The minimum Gasteiger partial charge on any atom is -0.465 e. The average molecular weight is 290 g/mol. The lowest BCUT2D eigenvalue weighted by atomic mass is 10.1. The van der Waals surface area contributed by atoms with Gasteiger partial charge in [0.15, 0.2) is 0 Å². The third-order valence-corrected chi connectivity index (χ3v) is 2.65. The molecule has 0 aliphatic heterocycles. The number of H-pyrrole nitrogens is 1. The fourth-order valence-corrected chi connectivity index (χ4v) is 1.68. The number of esters is 1. The van der Waals surface area contributed by atoms with Crippen molar-refractivity contribution in [2.45, 2.75) is 0 Å². The first-order valence-electron chi connectivity index (χ1n) is 5.90. The Morgan fingerprint density at radius 1 is 1.24 bits per heavy atom. The van der Waals surface area contributed by atoms with Crippen molar-refractivity contribution in [3.63, 3.8) is 0 Å². The molecular formula is C14H11FN2O4. The van der Waals surface area contributed by atoms with Crippen LogP contribution in [0.25, 0.3) is 0 Å². The van der Waals surface area contributed by atoms with Crippen LogP contribution in [0.1, 0.15) is 20.8 Å². The molecule has 21 heavy (non-hydrogen) atoms. The summed E-state index contributed by atoms with van der Waals surface area (Å²) in [5.74, 6) is -2.02. The topological polar surface area (TPSA) is 88.3 Å². The Labute approximate surface area is 118 Å². The van der Waals surface area contributed by atoms with Crippen molar-refractivity contribution >= 4 is 17.6 Å². The molecule has 108 valence electrons. The van der Waals surface area contributed by atoms with Gasteiger partial charge in [0.1, 0.15) is 11.5 Å². The van der Waals surface area contributed by atoms with Gasteiger partial charge < -0.3 is 15.0 Å². The Bertz CT molecular complexity index is 755.